The summed E-state index contributed by atoms with van der Waals surface area (Å²) in [5, 5.41) is 2.52. The molecular weight excluding hydrogens is 275 g/mol. The Kier molecular flexibility index (Phi) is 5.27. The first-order valence-corrected chi connectivity index (χ1v) is 6.95. The molecule has 1 aromatic carbocycles. The second kappa shape index (κ2) is 7.17. The highest BCUT2D eigenvalue weighted by molar-refractivity contribution is 5.82. The Hall–Kier alpha value is -1.95. The molecule has 0 saturated carbocycles. The van der Waals surface area contributed by atoms with Crippen LogP contribution in [0.15, 0.2) is 24.3 Å². The summed E-state index contributed by atoms with van der Waals surface area (Å²) in [6.07, 6.45) is 0.297. The van der Waals surface area contributed by atoms with E-state index in [0.29, 0.717) is 26.0 Å². The van der Waals surface area contributed by atoms with Crippen LogP contribution in [-0.4, -0.2) is 49.6 Å². The van der Waals surface area contributed by atoms with Crippen LogP contribution in [0.5, 0.6) is 0 Å². The summed E-state index contributed by atoms with van der Waals surface area (Å²) in [5.74, 6) is -0.519. The van der Waals surface area contributed by atoms with Crippen molar-refractivity contribution in [2.45, 2.75) is 18.9 Å². The van der Waals surface area contributed by atoms with Crippen molar-refractivity contribution < 1.29 is 18.7 Å². The van der Waals surface area contributed by atoms with Gasteiger partial charge in [0.25, 0.3) is 5.91 Å². The Bertz CT molecular complexity index is 504. The number of carbonyl (C=O) groups is 2. The Morgan fingerprint density at radius 1 is 1.38 bits per heavy atom. The number of likely N-dealkylation sites (N-methyl/N-ethyl adjacent to an activating group) is 1. The fourth-order valence-corrected chi connectivity index (χ4v) is 2.26. The number of nitrogens with one attached hydrogen (secondary N) is 1. The molecule has 2 rings (SSSR count). The first-order valence-electron chi connectivity index (χ1n) is 6.95. The minimum absolute atomic E-state index is 0.0171. The summed E-state index contributed by atoms with van der Waals surface area (Å²) >= 11 is 0. The lowest BCUT2D eigenvalue weighted by atomic mass is 10.1. The van der Waals surface area contributed by atoms with E-state index in [9.17, 15) is 14.0 Å². The standard InChI is InChI=1S/C15H19FN2O3/c1-17-15(20)13-10-18(8-9-21-13)14(19)7-4-11-2-5-12(16)6-3-11/h2-3,5-6,13H,4,7-10H2,1H3,(H,17,20). The Labute approximate surface area is 123 Å². The summed E-state index contributed by atoms with van der Waals surface area (Å²) in [6.45, 7) is 1.14. The molecule has 0 aromatic heterocycles. The predicted molar refractivity (Wildman–Crippen MR) is 75.1 cm³/mol. The van der Waals surface area contributed by atoms with Gasteiger partial charge in [0.05, 0.1) is 13.2 Å². The molecule has 1 atom stereocenters. The summed E-state index contributed by atoms with van der Waals surface area (Å²) in [4.78, 5) is 25.3. The third-order valence-corrected chi connectivity index (χ3v) is 3.50. The van der Waals surface area contributed by atoms with Gasteiger partial charge in [0.15, 0.2) is 6.10 Å². The SMILES string of the molecule is CNC(=O)C1CN(C(=O)CCc2ccc(F)cc2)CCO1. The molecule has 1 aliphatic rings. The number of rotatable bonds is 4. The number of carbonyl (C=O) groups excluding carboxylic acids is 2. The minimum Gasteiger partial charge on any atom is -0.365 e. The predicted octanol–water partition coefficient (Wildman–Crippen LogP) is 0.732. The molecule has 0 spiro atoms. The van der Waals surface area contributed by atoms with Gasteiger partial charge in [-0.25, -0.2) is 4.39 Å². The number of halogens is 1. The van der Waals surface area contributed by atoms with E-state index >= 15 is 0 Å². The molecule has 1 aliphatic heterocycles. The van der Waals surface area contributed by atoms with Gasteiger partial charge in [-0.3, -0.25) is 9.59 Å². The van der Waals surface area contributed by atoms with Crippen LogP contribution in [0.2, 0.25) is 0 Å². The number of amides is 2. The smallest absolute Gasteiger partial charge is 0.250 e. The van der Waals surface area contributed by atoms with E-state index in [2.05, 4.69) is 5.32 Å². The van der Waals surface area contributed by atoms with Crippen LogP contribution in [0.25, 0.3) is 0 Å². The van der Waals surface area contributed by atoms with Crippen LogP contribution in [0.4, 0.5) is 4.39 Å². The fourth-order valence-electron chi connectivity index (χ4n) is 2.26. The van der Waals surface area contributed by atoms with Gasteiger partial charge in [-0.05, 0) is 24.1 Å². The van der Waals surface area contributed by atoms with Crippen molar-refractivity contribution in [2.24, 2.45) is 0 Å². The number of ether oxygens (including phenoxy) is 1. The molecular formula is C15H19FN2O3. The maximum absolute atomic E-state index is 12.8. The summed E-state index contributed by atoms with van der Waals surface area (Å²) in [6, 6.07) is 6.12. The van der Waals surface area contributed by atoms with E-state index in [-0.39, 0.29) is 24.2 Å². The van der Waals surface area contributed by atoms with E-state index in [1.54, 1.807) is 24.1 Å². The van der Waals surface area contributed by atoms with E-state index in [4.69, 9.17) is 4.74 Å². The number of benzene rings is 1. The van der Waals surface area contributed by atoms with Gasteiger partial charge >= 0.3 is 0 Å². The monoisotopic (exact) mass is 294 g/mol. The Morgan fingerprint density at radius 3 is 2.76 bits per heavy atom. The number of morpholine rings is 1. The summed E-state index contributed by atoms with van der Waals surface area (Å²) in [5.41, 5.74) is 0.917. The molecule has 1 N–H and O–H groups in total. The number of aryl methyl sites for hydroxylation is 1. The maximum Gasteiger partial charge on any atom is 0.250 e. The molecule has 6 heteroatoms. The molecule has 1 heterocycles. The molecule has 1 saturated heterocycles. The van der Waals surface area contributed by atoms with E-state index in [0.717, 1.165) is 5.56 Å². The highest BCUT2D eigenvalue weighted by atomic mass is 19.1. The van der Waals surface area contributed by atoms with Gasteiger partial charge in [-0.2, -0.15) is 0 Å². The third kappa shape index (κ3) is 4.26. The van der Waals surface area contributed by atoms with E-state index in [1.807, 2.05) is 0 Å². The zero-order valence-electron chi connectivity index (χ0n) is 12.0. The van der Waals surface area contributed by atoms with Gasteiger partial charge < -0.3 is 15.0 Å². The fraction of sp³-hybridized carbons (Fsp3) is 0.467. The van der Waals surface area contributed by atoms with Crippen molar-refractivity contribution in [3.63, 3.8) is 0 Å². The minimum atomic E-state index is -0.599. The van der Waals surface area contributed by atoms with Crippen LogP contribution in [0, 0.1) is 5.82 Å². The van der Waals surface area contributed by atoms with Crippen molar-refractivity contribution >= 4 is 11.8 Å². The van der Waals surface area contributed by atoms with E-state index in [1.165, 1.54) is 12.1 Å². The largest absolute Gasteiger partial charge is 0.365 e. The second-order valence-electron chi connectivity index (χ2n) is 4.94. The van der Waals surface area contributed by atoms with E-state index < -0.39 is 6.10 Å². The zero-order chi connectivity index (χ0) is 15.2. The molecule has 1 fully saturated rings. The zero-order valence-corrected chi connectivity index (χ0v) is 12.0. The van der Waals surface area contributed by atoms with Crippen LogP contribution < -0.4 is 5.32 Å². The molecule has 21 heavy (non-hydrogen) atoms. The highest BCUT2D eigenvalue weighted by Gasteiger charge is 2.28. The van der Waals surface area contributed by atoms with Crippen LogP contribution in [0.3, 0.4) is 0 Å². The van der Waals surface area contributed by atoms with Crippen molar-refractivity contribution in [3.8, 4) is 0 Å². The maximum atomic E-state index is 12.8. The second-order valence-corrected chi connectivity index (χ2v) is 4.94. The third-order valence-electron chi connectivity index (χ3n) is 3.50. The summed E-state index contributed by atoms with van der Waals surface area (Å²) in [7, 11) is 1.54. The van der Waals surface area contributed by atoms with Gasteiger partial charge in [-0.15, -0.1) is 0 Å². The molecule has 0 radical (unpaired) electrons. The summed E-state index contributed by atoms with van der Waals surface area (Å²) < 4.78 is 18.1. The van der Waals surface area contributed by atoms with Crippen molar-refractivity contribution in [3.05, 3.63) is 35.6 Å². The molecule has 114 valence electrons. The highest BCUT2D eigenvalue weighted by Crippen LogP contribution is 2.10. The normalized spacial score (nSPS) is 18.4. The molecule has 0 bridgehead atoms. The Balaban J connectivity index is 1.85. The lowest BCUT2D eigenvalue weighted by molar-refractivity contribution is -0.146. The van der Waals surface area contributed by atoms with Crippen molar-refractivity contribution in [1.82, 2.24) is 10.2 Å². The quantitative estimate of drug-likeness (QED) is 0.891. The molecule has 2 amide bonds. The first kappa shape index (κ1) is 15.4. The van der Waals surface area contributed by atoms with Crippen molar-refractivity contribution in [1.29, 1.82) is 0 Å². The molecule has 1 aromatic rings. The first-order chi connectivity index (χ1) is 10.1. The van der Waals surface area contributed by atoms with Gasteiger partial charge in [0.2, 0.25) is 5.91 Å². The Morgan fingerprint density at radius 2 is 2.10 bits per heavy atom. The van der Waals surface area contributed by atoms with Gasteiger partial charge in [0, 0.05) is 20.0 Å². The van der Waals surface area contributed by atoms with Crippen LogP contribution in [-0.2, 0) is 20.7 Å². The van der Waals surface area contributed by atoms with Crippen LogP contribution in [0.1, 0.15) is 12.0 Å². The van der Waals surface area contributed by atoms with Gasteiger partial charge in [-0.1, -0.05) is 12.1 Å². The average molecular weight is 294 g/mol. The number of nitrogens with zero attached hydrogens (tertiary/aromatic N) is 1. The molecule has 0 aliphatic carbocycles. The lowest BCUT2D eigenvalue weighted by Crippen LogP contribution is -2.51. The lowest BCUT2D eigenvalue weighted by Gasteiger charge is -2.32. The van der Waals surface area contributed by atoms with Gasteiger partial charge in [0.1, 0.15) is 5.82 Å². The van der Waals surface area contributed by atoms with Crippen LogP contribution >= 0.6 is 0 Å². The molecule has 5 nitrogen and oxygen atoms in total. The number of hydrogen-bond acceptors (Lipinski definition) is 3. The number of hydrogen-bond donors (Lipinski definition) is 1. The topological polar surface area (TPSA) is 58.6 Å². The average Bonchev–Trinajstić information content (AvgIpc) is 2.53. The molecule has 1 unspecified atom stereocenters. The van der Waals surface area contributed by atoms with Crippen molar-refractivity contribution in [2.75, 3.05) is 26.7 Å².